The molecule has 0 N–H and O–H groups in total. The van der Waals surface area contributed by atoms with Gasteiger partial charge in [-0.2, -0.15) is 0 Å². The molecule has 0 spiro atoms. The summed E-state index contributed by atoms with van der Waals surface area (Å²) in [5.74, 6) is 0. The van der Waals surface area contributed by atoms with Crippen LogP contribution in [0.4, 0.5) is 0 Å². The second-order valence-corrected chi connectivity index (χ2v) is 2.67. The van der Waals surface area contributed by atoms with Crippen molar-refractivity contribution in [1.29, 1.82) is 0 Å². The number of methoxy groups -OCH3 is 1. The summed E-state index contributed by atoms with van der Waals surface area (Å²) in [7, 11) is 1.70. The van der Waals surface area contributed by atoms with E-state index in [1.165, 1.54) is 0 Å². The lowest BCUT2D eigenvalue weighted by Crippen LogP contribution is -2.21. The predicted octanol–water partition coefficient (Wildman–Crippen LogP) is 1.84. The van der Waals surface area contributed by atoms with Gasteiger partial charge in [-0.3, -0.25) is 0 Å². The zero-order chi connectivity index (χ0) is 7.98. The van der Waals surface area contributed by atoms with Gasteiger partial charge in [0.15, 0.2) is 0 Å². The van der Waals surface area contributed by atoms with Gasteiger partial charge in [0.2, 0.25) is 0 Å². The van der Waals surface area contributed by atoms with Gasteiger partial charge in [-0.15, -0.1) is 0 Å². The van der Waals surface area contributed by atoms with Gasteiger partial charge in [-0.05, 0) is 20.3 Å². The Bertz CT molecular complexity index is 71.7. The van der Waals surface area contributed by atoms with Crippen LogP contribution in [0.25, 0.3) is 0 Å². The van der Waals surface area contributed by atoms with Crippen molar-refractivity contribution in [2.45, 2.75) is 39.4 Å². The third kappa shape index (κ3) is 4.77. The second-order valence-electron chi connectivity index (χ2n) is 2.67. The van der Waals surface area contributed by atoms with E-state index in [0.29, 0.717) is 12.7 Å². The van der Waals surface area contributed by atoms with Crippen LogP contribution in [0.3, 0.4) is 0 Å². The van der Waals surface area contributed by atoms with Gasteiger partial charge in [-0.25, -0.2) is 0 Å². The maximum Gasteiger partial charge on any atom is 0.0809 e. The van der Waals surface area contributed by atoms with E-state index in [-0.39, 0.29) is 6.10 Å². The highest BCUT2D eigenvalue weighted by Gasteiger charge is 2.06. The van der Waals surface area contributed by atoms with E-state index in [1.807, 2.05) is 13.8 Å². The van der Waals surface area contributed by atoms with E-state index in [9.17, 15) is 0 Å². The third-order valence-corrected chi connectivity index (χ3v) is 1.27. The van der Waals surface area contributed by atoms with Gasteiger partial charge >= 0.3 is 0 Å². The highest BCUT2D eigenvalue weighted by atomic mass is 16.5. The van der Waals surface area contributed by atoms with Crippen LogP contribution >= 0.6 is 0 Å². The summed E-state index contributed by atoms with van der Waals surface area (Å²) in [6.45, 7) is 6.89. The van der Waals surface area contributed by atoms with Crippen LogP contribution in [0.2, 0.25) is 0 Å². The summed E-state index contributed by atoms with van der Waals surface area (Å²) in [5, 5.41) is 0. The minimum atomic E-state index is 0.269. The van der Waals surface area contributed by atoms with Crippen molar-refractivity contribution in [2.24, 2.45) is 0 Å². The lowest BCUT2D eigenvalue weighted by Gasteiger charge is -2.17. The molecule has 0 aliphatic carbocycles. The monoisotopic (exact) mass is 146 g/mol. The quantitative estimate of drug-likeness (QED) is 0.589. The molecule has 0 aliphatic heterocycles. The Hall–Kier alpha value is -0.0800. The molecule has 2 heteroatoms. The fourth-order valence-corrected chi connectivity index (χ4v) is 0.824. The molecule has 0 saturated carbocycles. The molecule has 2 nitrogen and oxygen atoms in total. The van der Waals surface area contributed by atoms with Crippen molar-refractivity contribution in [3.8, 4) is 0 Å². The van der Waals surface area contributed by atoms with Gasteiger partial charge in [0.1, 0.15) is 0 Å². The number of rotatable bonds is 5. The fourth-order valence-electron chi connectivity index (χ4n) is 0.824. The minimum Gasteiger partial charge on any atom is -0.382 e. The molecular formula is C8H18O2. The molecule has 0 radical (unpaired) electrons. The first-order valence-corrected chi connectivity index (χ1v) is 3.85. The molecule has 0 rings (SSSR count). The van der Waals surface area contributed by atoms with Crippen molar-refractivity contribution in [3.05, 3.63) is 0 Å². The number of hydrogen-bond acceptors (Lipinski definition) is 2. The molecule has 10 heavy (non-hydrogen) atoms. The number of ether oxygens (including phenoxy) is 2. The van der Waals surface area contributed by atoms with Gasteiger partial charge in [0, 0.05) is 7.11 Å². The van der Waals surface area contributed by atoms with Crippen LogP contribution < -0.4 is 0 Å². The van der Waals surface area contributed by atoms with Crippen LogP contribution in [-0.2, 0) is 9.47 Å². The first-order chi connectivity index (χ1) is 4.70. The summed E-state index contributed by atoms with van der Waals surface area (Å²) < 4.78 is 10.5. The van der Waals surface area contributed by atoms with Gasteiger partial charge in [-0.1, -0.05) is 6.92 Å². The summed E-state index contributed by atoms with van der Waals surface area (Å²) in [4.78, 5) is 0. The van der Waals surface area contributed by atoms with Gasteiger partial charge in [0.25, 0.3) is 0 Å². The Kier molecular flexibility index (Phi) is 5.64. The van der Waals surface area contributed by atoms with E-state index in [1.54, 1.807) is 7.11 Å². The Morgan fingerprint density at radius 1 is 1.30 bits per heavy atom. The molecule has 0 heterocycles. The van der Waals surface area contributed by atoms with E-state index in [4.69, 9.17) is 9.47 Å². The Balaban J connectivity index is 3.39. The number of hydrogen-bond donors (Lipinski definition) is 0. The van der Waals surface area contributed by atoms with Crippen LogP contribution in [-0.4, -0.2) is 25.9 Å². The maximum absolute atomic E-state index is 5.51. The average molecular weight is 146 g/mol. The van der Waals surface area contributed by atoms with Crippen molar-refractivity contribution >= 4 is 0 Å². The van der Waals surface area contributed by atoms with Gasteiger partial charge < -0.3 is 9.47 Å². The molecule has 62 valence electrons. The minimum absolute atomic E-state index is 0.269. The summed E-state index contributed by atoms with van der Waals surface area (Å²) in [6.07, 6.45) is 1.59. The van der Waals surface area contributed by atoms with Crippen molar-refractivity contribution in [2.75, 3.05) is 13.7 Å². The van der Waals surface area contributed by atoms with E-state index in [2.05, 4.69) is 6.92 Å². The normalized spacial score (nSPS) is 14.1. The molecule has 0 unspecified atom stereocenters. The fraction of sp³-hybridized carbons (Fsp3) is 1.00. The molecule has 1 atom stereocenters. The average Bonchev–Trinajstić information content (AvgIpc) is 1.86. The van der Waals surface area contributed by atoms with Crippen LogP contribution in [0.15, 0.2) is 0 Å². The van der Waals surface area contributed by atoms with Crippen LogP contribution in [0.5, 0.6) is 0 Å². The van der Waals surface area contributed by atoms with Gasteiger partial charge in [0.05, 0.1) is 18.8 Å². The topological polar surface area (TPSA) is 18.5 Å². The van der Waals surface area contributed by atoms with Crippen molar-refractivity contribution in [3.63, 3.8) is 0 Å². The van der Waals surface area contributed by atoms with Crippen LogP contribution in [0.1, 0.15) is 27.2 Å². The third-order valence-electron chi connectivity index (χ3n) is 1.27. The Morgan fingerprint density at radius 3 is 2.20 bits per heavy atom. The molecule has 0 bridgehead atoms. The highest BCUT2D eigenvalue weighted by molar-refractivity contribution is 4.54. The summed E-state index contributed by atoms with van der Waals surface area (Å²) >= 11 is 0. The predicted molar refractivity (Wildman–Crippen MR) is 42.2 cm³/mol. The van der Waals surface area contributed by atoms with Crippen molar-refractivity contribution in [1.82, 2.24) is 0 Å². The molecule has 0 aromatic heterocycles. The maximum atomic E-state index is 5.51. The summed E-state index contributed by atoms with van der Waals surface area (Å²) in [5.41, 5.74) is 0. The van der Waals surface area contributed by atoms with E-state index < -0.39 is 0 Å². The van der Waals surface area contributed by atoms with Crippen LogP contribution in [0, 0.1) is 0 Å². The smallest absolute Gasteiger partial charge is 0.0809 e. The molecule has 0 saturated heterocycles. The highest BCUT2D eigenvalue weighted by Crippen LogP contribution is 2.01. The zero-order valence-electron chi connectivity index (χ0n) is 7.39. The standard InChI is InChI=1S/C8H18O2/c1-5-8(6-9-4)10-7(2)3/h7-8H,5-6H2,1-4H3/t8-/m0/s1. The van der Waals surface area contributed by atoms with Crippen molar-refractivity contribution < 1.29 is 9.47 Å². The molecule has 0 aliphatic rings. The largest absolute Gasteiger partial charge is 0.382 e. The van der Waals surface area contributed by atoms with E-state index in [0.717, 1.165) is 6.42 Å². The second kappa shape index (κ2) is 5.69. The first kappa shape index (κ1) is 9.92. The molecule has 0 fully saturated rings. The van der Waals surface area contributed by atoms with E-state index >= 15 is 0 Å². The molecular weight excluding hydrogens is 128 g/mol. The molecule has 0 aromatic carbocycles. The summed E-state index contributed by atoms with van der Waals surface area (Å²) in [6, 6.07) is 0. The Morgan fingerprint density at radius 2 is 1.90 bits per heavy atom. The molecule has 0 amide bonds. The lowest BCUT2D eigenvalue weighted by atomic mass is 10.3. The Labute approximate surface area is 63.5 Å². The zero-order valence-corrected chi connectivity index (χ0v) is 7.39. The lowest BCUT2D eigenvalue weighted by molar-refractivity contribution is -0.0351. The first-order valence-electron chi connectivity index (χ1n) is 3.85. The molecule has 0 aromatic rings. The SMILES string of the molecule is CC[C@@H](COC)OC(C)C.